The Morgan fingerprint density at radius 2 is 2.16 bits per heavy atom. The lowest BCUT2D eigenvalue weighted by atomic mass is 10.2. The molecule has 3 heterocycles. The number of thiophene rings is 1. The first-order chi connectivity index (χ1) is 9.13. The van der Waals surface area contributed by atoms with E-state index < -0.39 is 0 Å². The average Bonchev–Trinajstić information content (AvgIpc) is 2.96. The van der Waals surface area contributed by atoms with Crippen LogP contribution in [0.5, 0.6) is 0 Å². The molecule has 0 aliphatic carbocycles. The second kappa shape index (κ2) is 4.75. The molecule has 3 aromatic heterocycles. The van der Waals surface area contributed by atoms with Gasteiger partial charge >= 0.3 is 0 Å². The zero-order chi connectivity index (χ0) is 13.4. The summed E-state index contributed by atoms with van der Waals surface area (Å²) < 4.78 is 6.12. The molecule has 3 aromatic rings. The zero-order valence-electron chi connectivity index (χ0n) is 9.92. The molecule has 0 unspecified atom stereocenters. The maximum absolute atomic E-state index is 5.92. The predicted octanol–water partition coefficient (Wildman–Crippen LogP) is 3.51. The van der Waals surface area contributed by atoms with Crippen molar-refractivity contribution in [2.24, 2.45) is 0 Å². The molecule has 19 heavy (non-hydrogen) atoms. The monoisotopic (exact) mass is 336 g/mol. The first kappa shape index (κ1) is 12.3. The molecule has 0 aromatic carbocycles. The van der Waals surface area contributed by atoms with Gasteiger partial charge in [-0.1, -0.05) is 5.16 Å². The summed E-state index contributed by atoms with van der Waals surface area (Å²) in [5, 5.41) is 4.64. The summed E-state index contributed by atoms with van der Waals surface area (Å²) in [7, 11) is 0. The fourth-order valence-electron chi connectivity index (χ4n) is 1.68. The highest BCUT2D eigenvalue weighted by atomic mass is 79.9. The molecule has 0 fully saturated rings. The highest BCUT2D eigenvalue weighted by Crippen LogP contribution is 2.33. The number of hydrogen-bond donors (Lipinski definition) is 1. The van der Waals surface area contributed by atoms with Crippen LogP contribution in [0.15, 0.2) is 33.5 Å². The van der Waals surface area contributed by atoms with Gasteiger partial charge in [0.05, 0.1) is 10.6 Å². The van der Waals surface area contributed by atoms with Crippen LogP contribution in [-0.2, 0) is 0 Å². The quantitative estimate of drug-likeness (QED) is 0.774. The van der Waals surface area contributed by atoms with Crippen LogP contribution >= 0.6 is 27.3 Å². The molecule has 0 atom stereocenters. The fraction of sp³-hybridized carbons (Fsp3) is 0.0833. The van der Waals surface area contributed by atoms with E-state index in [1.165, 1.54) is 11.3 Å². The highest BCUT2D eigenvalue weighted by molar-refractivity contribution is 9.10. The molecule has 0 aliphatic rings. The number of aryl methyl sites for hydroxylation is 1. The van der Waals surface area contributed by atoms with E-state index in [4.69, 9.17) is 10.3 Å². The summed E-state index contributed by atoms with van der Waals surface area (Å²) in [6, 6.07) is 3.82. The first-order valence-electron chi connectivity index (χ1n) is 5.44. The minimum atomic E-state index is 0.428. The van der Waals surface area contributed by atoms with Crippen LogP contribution in [0.25, 0.3) is 22.8 Å². The molecular formula is C12H9BrN4OS. The van der Waals surface area contributed by atoms with Crippen LogP contribution < -0.4 is 5.73 Å². The molecule has 96 valence electrons. The maximum Gasteiger partial charge on any atom is 0.261 e. The van der Waals surface area contributed by atoms with Gasteiger partial charge in [0.15, 0.2) is 0 Å². The Hall–Kier alpha value is -1.73. The Morgan fingerprint density at radius 3 is 2.84 bits per heavy atom. The van der Waals surface area contributed by atoms with Gasteiger partial charge in [0.25, 0.3) is 5.89 Å². The maximum atomic E-state index is 5.92. The van der Waals surface area contributed by atoms with Crippen molar-refractivity contribution >= 4 is 32.3 Å². The number of hydrogen-bond acceptors (Lipinski definition) is 6. The molecule has 0 saturated carbocycles. The van der Waals surface area contributed by atoms with Gasteiger partial charge in [0, 0.05) is 27.3 Å². The van der Waals surface area contributed by atoms with E-state index in [-0.39, 0.29) is 0 Å². The normalized spacial score (nSPS) is 10.8. The van der Waals surface area contributed by atoms with Crippen LogP contribution in [0.4, 0.5) is 5.00 Å². The SMILES string of the molecule is Cc1cc(-c2nc(-c3cncc(Br)c3)no2)c(N)s1. The van der Waals surface area contributed by atoms with E-state index in [2.05, 4.69) is 31.1 Å². The van der Waals surface area contributed by atoms with Gasteiger partial charge in [-0.2, -0.15) is 4.98 Å². The lowest BCUT2D eigenvalue weighted by Crippen LogP contribution is -1.85. The van der Waals surface area contributed by atoms with Gasteiger partial charge in [-0.3, -0.25) is 4.98 Å². The van der Waals surface area contributed by atoms with Crippen molar-refractivity contribution in [2.75, 3.05) is 5.73 Å². The van der Waals surface area contributed by atoms with E-state index in [9.17, 15) is 0 Å². The molecule has 2 N–H and O–H groups in total. The van der Waals surface area contributed by atoms with Gasteiger partial charge in [-0.25, -0.2) is 0 Å². The van der Waals surface area contributed by atoms with Crippen LogP contribution in [0, 0.1) is 6.92 Å². The van der Waals surface area contributed by atoms with Crippen molar-refractivity contribution in [1.29, 1.82) is 0 Å². The molecule has 0 bridgehead atoms. The topological polar surface area (TPSA) is 77.8 Å². The summed E-state index contributed by atoms with van der Waals surface area (Å²) in [6.07, 6.45) is 3.38. The lowest BCUT2D eigenvalue weighted by Gasteiger charge is -1.93. The van der Waals surface area contributed by atoms with Crippen LogP contribution in [-0.4, -0.2) is 15.1 Å². The Labute approximate surface area is 121 Å². The van der Waals surface area contributed by atoms with Crippen LogP contribution in [0.1, 0.15) is 4.88 Å². The Kier molecular flexibility index (Phi) is 3.08. The van der Waals surface area contributed by atoms with Gasteiger partial charge < -0.3 is 10.3 Å². The third kappa shape index (κ3) is 2.39. The minimum Gasteiger partial charge on any atom is -0.390 e. The first-order valence-corrected chi connectivity index (χ1v) is 7.05. The molecule has 0 aliphatic heterocycles. The van der Waals surface area contributed by atoms with Crippen molar-refractivity contribution in [1.82, 2.24) is 15.1 Å². The molecule has 7 heteroatoms. The second-order valence-corrected chi connectivity index (χ2v) is 6.15. The number of nitrogens with zero attached hydrogens (tertiary/aromatic N) is 3. The average molecular weight is 337 g/mol. The van der Waals surface area contributed by atoms with E-state index in [0.717, 1.165) is 20.5 Å². The fourth-order valence-corrected chi connectivity index (χ4v) is 2.83. The third-order valence-electron chi connectivity index (χ3n) is 2.50. The molecular weight excluding hydrogens is 328 g/mol. The Balaban J connectivity index is 2.02. The number of nitrogens with two attached hydrogens (primary N) is 1. The predicted molar refractivity (Wildman–Crippen MR) is 77.7 cm³/mol. The van der Waals surface area contributed by atoms with Crippen LogP contribution in [0.2, 0.25) is 0 Å². The summed E-state index contributed by atoms with van der Waals surface area (Å²) >= 11 is 4.86. The van der Waals surface area contributed by atoms with Gasteiger partial charge in [-0.15, -0.1) is 11.3 Å². The summed E-state index contributed by atoms with van der Waals surface area (Å²) in [4.78, 5) is 9.53. The number of anilines is 1. The summed E-state index contributed by atoms with van der Waals surface area (Å²) in [6.45, 7) is 1.99. The number of pyridine rings is 1. The number of nitrogen functional groups attached to an aromatic ring is 1. The summed E-state index contributed by atoms with van der Waals surface area (Å²) in [5.41, 5.74) is 7.48. The van der Waals surface area contributed by atoms with E-state index in [1.807, 2.05) is 19.1 Å². The lowest BCUT2D eigenvalue weighted by molar-refractivity contribution is 0.432. The Bertz CT molecular complexity index is 737. The van der Waals surface area contributed by atoms with E-state index in [1.54, 1.807) is 12.4 Å². The van der Waals surface area contributed by atoms with Gasteiger partial charge in [-0.05, 0) is 35.0 Å². The van der Waals surface area contributed by atoms with Crippen molar-refractivity contribution in [3.8, 4) is 22.8 Å². The number of rotatable bonds is 2. The number of halogens is 1. The zero-order valence-corrected chi connectivity index (χ0v) is 12.3. The minimum absolute atomic E-state index is 0.428. The van der Waals surface area contributed by atoms with Crippen molar-refractivity contribution < 1.29 is 4.52 Å². The molecule has 0 radical (unpaired) electrons. The molecule has 0 spiro atoms. The summed E-state index contributed by atoms with van der Waals surface area (Å²) in [5.74, 6) is 0.920. The van der Waals surface area contributed by atoms with Gasteiger partial charge in [0.2, 0.25) is 5.82 Å². The highest BCUT2D eigenvalue weighted by Gasteiger charge is 2.15. The number of aromatic nitrogens is 3. The van der Waals surface area contributed by atoms with Crippen molar-refractivity contribution in [2.45, 2.75) is 6.92 Å². The third-order valence-corrected chi connectivity index (χ3v) is 3.82. The largest absolute Gasteiger partial charge is 0.390 e. The molecule has 0 saturated heterocycles. The van der Waals surface area contributed by atoms with Crippen molar-refractivity contribution in [3.05, 3.63) is 33.9 Å². The second-order valence-electron chi connectivity index (χ2n) is 3.95. The smallest absolute Gasteiger partial charge is 0.261 e. The van der Waals surface area contributed by atoms with E-state index in [0.29, 0.717) is 16.7 Å². The molecule has 3 rings (SSSR count). The Morgan fingerprint density at radius 1 is 1.32 bits per heavy atom. The van der Waals surface area contributed by atoms with Crippen LogP contribution in [0.3, 0.4) is 0 Å². The van der Waals surface area contributed by atoms with Gasteiger partial charge in [0.1, 0.15) is 0 Å². The molecule has 5 nitrogen and oxygen atoms in total. The van der Waals surface area contributed by atoms with Crippen molar-refractivity contribution in [3.63, 3.8) is 0 Å². The standard InChI is InChI=1S/C12H9BrN4OS/c1-6-2-9(10(14)19-6)12-16-11(17-18-12)7-3-8(13)5-15-4-7/h2-5H,14H2,1H3. The van der Waals surface area contributed by atoms with E-state index >= 15 is 0 Å². The molecule has 0 amide bonds.